The van der Waals surface area contributed by atoms with Gasteiger partial charge in [-0.15, -0.1) is 0 Å². The number of alkyl halides is 3. The Morgan fingerprint density at radius 3 is 2.48 bits per heavy atom. The molecule has 2 heterocycles. The Morgan fingerprint density at radius 1 is 1.28 bits per heavy atom. The maximum atomic E-state index is 13.4. The molecule has 3 rings (SSSR count). The smallest absolute Gasteiger partial charge is 0.409 e. The molecule has 1 N–H and O–H groups in total. The number of carbonyl (C=O) groups is 1. The lowest BCUT2D eigenvalue weighted by Gasteiger charge is -2.07. The van der Waals surface area contributed by atoms with E-state index in [4.69, 9.17) is 4.74 Å². The summed E-state index contributed by atoms with van der Waals surface area (Å²) >= 11 is 3.21. The Kier molecular flexibility index (Phi) is 4.15. The summed E-state index contributed by atoms with van der Waals surface area (Å²) in [5.74, 6) is -0.988. The molecule has 6 nitrogen and oxygen atoms in total. The zero-order valence-corrected chi connectivity index (χ0v) is 14.1. The van der Waals surface area contributed by atoms with Crippen LogP contribution in [0, 0.1) is 0 Å². The third-order valence-corrected chi connectivity index (χ3v) is 3.77. The molecule has 0 aliphatic heterocycles. The lowest BCUT2D eigenvalue weighted by Crippen LogP contribution is -2.16. The second-order valence-electron chi connectivity index (χ2n) is 5.05. The molecular formula is C15H9BrF3N3O3. The highest BCUT2D eigenvalue weighted by Crippen LogP contribution is 2.38. The van der Waals surface area contributed by atoms with Crippen LogP contribution in [0.25, 0.3) is 16.8 Å². The molecule has 0 bridgehead atoms. The summed E-state index contributed by atoms with van der Waals surface area (Å²) in [5, 5.41) is 3.40. The minimum Gasteiger partial charge on any atom is -0.409 e. The van der Waals surface area contributed by atoms with Crippen molar-refractivity contribution >= 4 is 27.5 Å². The number of benzene rings is 1. The van der Waals surface area contributed by atoms with Crippen LogP contribution >= 0.6 is 15.9 Å². The molecule has 0 atom stereocenters. The molecule has 0 saturated carbocycles. The maximum Gasteiger partial charge on any atom is 0.435 e. The van der Waals surface area contributed by atoms with Crippen molar-refractivity contribution in [3.05, 3.63) is 50.9 Å². The monoisotopic (exact) mass is 415 g/mol. The van der Waals surface area contributed by atoms with E-state index in [-0.39, 0.29) is 22.7 Å². The molecule has 25 heavy (non-hydrogen) atoms. The van der Waals surface area contributed by atoms with Crippen LogP contribution in [0.4, 0.5) is 13.2 Å². The second kappa shape index (κ2) is 6.03. The lowest BCUT2D eigenvalue weighted by molar-refractivity contribution is -0.140. The largest absolute Gasteiger partial charge is 0.435 e. The lowest BCUT2D eigenvalue weighted by atomic mass is 10.1. The summed E-state index contributed by atoms with van der Waals surface area (Å²) in [6, 6.07) is 6.88. The topological polar surface area (TPSA) is 76.5 Å². The number of ether oxygens (including phenoxy) is 1. The maximum absolute atomic E-state index is 13.4. The molecule has 0 aliphatic carbocycles. The van der Waals surface area contributed by atoms with Gasteiger partial charge in [0.2, 0.25) is 5.88 Å². The number of nitrogens with one attached hydrogen (secondary N) is 1. The number of nitrogens with zero attached hydrogens (tertiary/aromatic N) is 2. The number of aromatic amines is 1. The summed E-state index contributed by atoms with van der Waals surface area (Å²) in [7, 11) is 0. The van der Waals surface area contributed by atoms with E-state index < -0.39 is 23.4 Å². The van der Waals surface area contributed by atoms with Gasteiger partial charge in [0.15, 0.2) is 5.69 Å². The summed E-state index contributed by atoms with van der Waals surface area (Å²) in [5.41, 5.74) is -2.42. The molecule has 3 aromatic rings. The highest BCUT2D eigenvalue weighted by Gasteiger charge is 2.39. The van der Waals surface area contributed by atoms with Gasteiger partial charge in [-0.1, -0.05) is 28.1 Å². The third-order valence-electron chi connectivity index (χ3n) is 3.25. The molecule has 0 fully saturated rings. The number of fused-ring (bicyclic) bond motifs is 1. The quantitative estimate of drug-likeness (QED) is 0.650. The van der Waals surface area contributed by atoms with Gasteiger partial charge in [0.25, 0.3) is 5.56 Å². The average Bonchev–Trinajstić information content (AvgIpc) is 2.87. The predicted octanol–water partition coefficient (Wildman–Crippen LogP) is 3.40. The van der Waals surface area contributed by atoms with Crippen molar-refractivity contribution in [3.8, 4) is 17.0 Å². The number of carbonyl (C=O) groups excluding carboxylic acids is 1. The summed E-state index contributed by atoms with van der Waals surface area (Å²) in [4.78, 5) is 25.7. The average molecular weight is 416 g/mol. The van der Waals surface area contributed by atoms with E-state index in [0.717, 1.165) is 13.0 Å². The Bertz CT molecular complexity index is 1020. The number of esters is 1. The van der Waals surface area contributed by atoms with Crippen LogP contribution in [0.2, 0.25) is 0 Å². The Hall–Kier alpha value is -2.62. The van der Waals surface area contributed by atoms with Crippen molar-refractivity contribution in [2.24, 2.45) is 0 Å². The van der Waals surface area contributed by atoms with Gasteiger partial charge >= 0.3 is 12.1 Å². The van der Waals surface area contributed by atoms with Gasteiger partial charge in [-0.3, -0.25) is 9.59 Å². The zero-order chi connectivity index (χ0) is 18.4. The van der Waals surface area contributed by atoms with Gasteiger partial charge < -0.3 is 9.72 Å². The van der Waals surface area contributed by atoms with Gasteiger partial charge in [-0.05, 0) is 17.7 Å². The first-order valence-corrected chi connectivity index (χ1v) is 7.63. The van der Waals surface area contributed by atoms with E-state index in [1.165, 1.54) is 12.1 Å². The SMILES string of the molecule is CC(=O)Oc1cc(=O)n2nc(C(F)(F)F)c(-c3ccc(Br)cc3)c2[nH]1. The van der Waals surface area contributed by atoms with Gasteiger partial charge in [-0.25, -0.2) is 0 Å². The van der Waals surface area contributed by atoms with Gasteiger partial charge in [0.1, 0.15) is 5.65 Å². The predicted molar refractivity (Wildman–Crippen MR) is 85.3 cm³/mol. The molecule has 0 spiro atoms. The minimum absolute atomic E-state index is 0.196. The summed E-state index contributed by atoms with van der Waals surface area (Å²) < 4.78 is 46.3. The molecule has 0 amide bonds. The Labute approximate surface area is 146 Å². The minimum atomic E-state index is -4.78. The first-order valence-electron chi connectivity index (χ1n) is 6.84. The van der Waals surface area contributed by atoms with Crippen LogP contribution in [-0.4, -0.2) is 20.6 Å². The summed E-state index contributed by atoms with van der Waals surface area (Å²) in [6.45, 7) is 1.11. The fraction of sp³-hybridized carbons (Fsp3) is 0.133. The number of hydrogen-bond donors (Lipinski definition) is 1. The number of aromatic nitrogens is 3. The molecule has 10 heteroatoms. The molecule has 1 aromatic carbocycles. The zero-order valence-electron chi connectivity index (χ0n) is 12.5. The van der Waals surface area contributed by atoms with Gasteiger partial charge in [0, 0.05) is 11.4 Å². The molecule has 130 valence electrons. The standard InChI is InChI=1S/C15H9BrF3N3O3/c1-7(23)25-10-6-11(24)22-14(20-10)12(13(21-22)15(17,18)19)8-2-4-9(16)5-3-8/h2-6,20H,1H3. The van der Waals surface area contributed by atoms with Crippen LogP contribution < -0.4 is 10.3 Å². The third kappa shape index (κ3) is 3.29. The van der Waals surface area contributed by atoms with Crippen LogP contribution in [0.15, 0.2) is 39.6 Å². The van der Waals surface area contributed by atoms with Crippen molar-refractivity contribution in [1.82, 2.24) is 14.6 Å². The van der Waals surface area contributed by atoms with Crippen LogP contribution in [0.1, 0.15) is 12.6 Å². The number of H-pyrrole nitrogens is 1. The van der Waals surface area contributed by atoms with Crippen molar-refractivity contribution in [1.29, 1.82) is 0 Å². The Balaban J connectivity index is 2.37. The first-order chi connectivity index (χ1) is 11.7. The second-order valence-corrected chi connectivity index (χ2v) is 5.97. The highest BCUT2D eigenvalue weighted by molar-refractivity contribution is 9.10. The number of hydrogen-bond acceptors (Lipinski definition) is 4. The summed E-state index contributed by atoms with van der Waals surface area (Å²) in [6.07, 6.45) is -4.78. The fourth-order valence-corrected chi connectivity index (χ4v) is 2.58. The van der Waals surface area contributed by atoms with E-state index in [1.54, 1.807) is 12.1 Å². The van der Waals surface area contributed by atoms with E-state index >= 15 is 0 Å². The van der Waals surface area contributed by atoms with E-state index in [2.05, 4.69) is 26.0 Å². The molecule has 0 aliphatic rings. The van der Waals surface area contributed by atoms with Gasteiger partial charge in [-0.2, -0.15) is 22.8 Å². The molecular weight excluding hydrogens is 407 g/mol. The Morgan fingerprint density at radius 2 is 1.92 bits per heavy atom. The van der Waals surface area contributed by atoms with Gasteiger partial charge in [0.05, 0.1) is 11.6 Å². The van der Waals surface area contributed by atoms with Crippen molar-refractivity contribution in [3.63, 3.8) is 0 Å². The van der Waals surface area contributed by atoms with Crippen molar-refractivity contribution < 1.29 is 22.7 Å². The van der Waals surface area contributed by atoms with Crippen LogP contribution in [0.3, 0.4) is 0 Å². The van der Waals surface area contributed by atoms with Crippen molar-refractivity contribution in [2.75, 3.05) is 0 Å². The highest BCUT2D eigenvalue weighted by atomic mass is 79.9. The van der Waals surface area contributed by atoms with Crippen LogP contribution in [-0.2, 0) is 11.0 Å². The molecule has 0 saturated heterocycles. The molecule has 0 unspecified atom stereocenters. The number of rotatable bonds is 2. The fourth-order valence-electron chi connectivity index (χ4n) is 2.32. The number of halogens is 4. The molecule has 2 aromatic heterocycles. The van der Waals surface area contributed by atoms with E-state index in [9.17, 15) is 22.8 Å². The molecule has 0 radical (unpaired) electrons. The normalized spacial score (nSPS) is 11.7. The van der Waals surface area contributed by atoms with E-state index in [1.807, 2.05) is 0 Å². The van der Waals surface area contributed by atoms with Crippen molar-refractivity contribution in [2.45, 2.75) is 13.1 Å². The first kappa shape index (κ1) is 17.2. The van der Waals surface area contributed by atoms with E-state index in [0.29, 0.717) is 8.99 Å². The van der Waals surface area contributed by atoms with Crippen LogP contribution in [0.5, 0.6) is 5.88 Å².